The van der Waals surface area contributed by atoms with E-state index in [9.17, 15) is 0 Å². The van der Waals surface area contributed by atoms with E-state index in [-0.39, 0.29) is 0 Å². The second-order valence-electron chi connectivity index (χ2n) is 6.02. The van der Waals surface area contributed by atoms with E-state index in [4.69, 9.17) is 0 Å². The molecule has 0 spiro atoms. The summed E-state index contributed by atoms with van der Waals surface area (Å²) in [6.45, 7) is 8.29. The highest BCUT2D eigenvalue weighted by atomic mass is 15.2. The van der Waals surface area contributed by atoms with Gasteiger partial charge >= 0.3 is 0 Å². The van der Waals surface area contributed by atoms with Gasteiger partial charge in [0.1, 0.15) is 0 Å². The maximum atomic E-state index is 2.70. The van der Waals surface area contributed by atoms with Gasteiger partial charge < -0.3 is 4.90 Å². The maximum Gasteiger partial charge on any atom is 0.0368 e. The van der Waals surface area contributed by atoms with Gasteiger partial charge in [0.05, 0.1) is 0 Å². The van der Waals surface area contributed by atoms with Crippen LogP contribution < -0.4 is 4.90 Å². The summed E-state index contributed by atoms with van der Waals surface area (Å²) in [5, 5.41) is 0. The first-order chi connectivity index (χ1) is 9.30. The summed E-state index contributed by atoms with van der Waals surface area (Å²) in [6.07, 6.45) is 6.70. The monoisotopic (exact) mass is 259 g/mol. The zero-order valence-electron chi connectivity index (χ0n) is 12.8. The fraction of sp³-hybridized carbons (Fsp3) is 0.667. The van der Waals surface area contributed by atoms with Gasteiger partial charge in [-0.15, -0.1) is 0 Å². The number of piperidine rings is 1. The molecule has 0 radical (unpaired) electrons. The smallest absolute Gasteiger partial charge is 0.0368 e. The minimum absolute atomic E-state index is 0.750. The Morgan fingerprint density at radius 2 is 1.79 bits per heavy atom. The zero-order chi connectivity index (χ0) is 13.7. The standard InChI is InChI=1S/C18H29N/c1-4-10-18-16(6-3)13-15(5-2)14-19(18)17-11-8-7-9-12-17/h7-9,11-12,15-16,18H,4-6,10,13-14H2,1-3H3. The van der Waals surface area contributed by atoms with Gasteiger partial charge in [0.25, 0.3) is 0 Å². The lowest BCUT2D eigenvalue weighted by atomic mass is 9.78. The van der Waals surface area contributed by atoms with Crippen LogP contribution in [0.15, 0.2) is 30.3 Å². The van der Waals surface area contributed by atoms with Gasteiger partial charge in [-0.1, -0.05) is 58.2 Å². The van der Waals surface area contributed by atoms with Gasteiger partial charge in [-0.05, 0) is 36.8 Å². The molecule has 106 valence electrons. The molecule has 1 aromatic rings. The molecule has 1 heterocycles. The van der Waals surface area contributed by atoms with Crippen LogP contribution in [0.3, 0.4) is 0 Å². The molecule has 0 N–H and O–H groups in total. The summed E-state index contributed by atoms with van der Waals surface area (Å²) < 4.78 is 0. The van der Waals surface area contributed by atoms with Crippen molar-refractivity contribution < 1.29 is 0 Å². The number of anilines is 1. The Bertz CT molecular complexity index is 359. The molecule has 1 aliphatic rings. The molecule has 3 unspecified atom stereocenters. The molecule has 0 amide bonds. The van der Waals surface area contributed by atoms with Gasteiger partial charge in [-0.25, -0.2) is 0 Å². The van der Waals surface area contributed by atoms with Crippen LogP contribution >= 0.6 is 0 Å². The Morgan fingerprint density at radius 3 is 2.37 bits per heavy atom. The van der Waals surface area contributed by atoms with Crippen LogP contribution in [0.1, 0.15) is 52.9 Å². The number of para-hydroxylation sites is 1. The topological polar surface area (TPSA) is 3.24 Å². The van der Waals surface area contributed by atoms with Crippen molar-refractivity contribution >= 4 is 5.69 Å². The molecule has 1 saturated heterocycles. The van der Waals surface area contributed by atoms with Crippen LogP contribution in [0.5, 0.6) is 0 Å². The van der Waals surface area contributed by atoms with Crippen LogP contribution in [0, 0.1) is 11.8 Å². The molecule has 1 nitrogen and oxygen atoms in total. The second-order valence-corrected chi connectivity index (χ2v) is 6.02. The van der Waals surface area contributed by atoms with Crippen LogP contribution in [-0.2, 0) is 0 Å². The predicted octanol–water partition coefficient (Wildman–Crippen LogP) is 5.12. The van der Waals surface area contributed by atoms with Crippen molar-refractivity contribution in [3.8, 4) is 0 Å². The minimum Gasteiger partial charge on any atom is -0.368 e. The molecule has 19 heavy (non-hydrogen) atoms. The second kappa shape index (κ2) is 6.98. The number of rotatable bonds is 5. The number of nitrogens with zero attached hydrogens (tertiary/aromatic N) is 1. The van der Waals surface area contributed by atoms with Crippen molar-refractivity contribution in [1.29, 1.82) is 0 Å². The third-order valence-corrected chi connectivity index (χ3v) is 4.81. The molecular weight excluding hydrogens is 230 g/mol. The van der Waals surface area contributed by atoms with Crippen molar-refractivity contribution in [3.05, 3.63) is 30.3 Å². The van der Waals surface area contributed by atoms with E-state index in [0.717, 1.165) is 17.9 Å². The maximum absolute atomic E-state index is 2.70. The predicted molar refractivity (Wildman–Crippen MR) is 84.7 cm³/mol. The van der Waals surface area contributed by atoms with E-state index >= 15 is 0 Å². The van der Waals surface area contributed by atoms with Crippen molar-refractivity contribution in [2.24, 2.45) is 11.8 Å². The molecule has 3 atom stereocenters. The van der Waals surface area contributed by atoms with Crippen LogP contribution in [0.4, 0.5) is 5.69 Å². The Morgan fingerprint density at radius 1 is 1.05 bits per heavy atom. The molecule has 0 saturated carbocycles. The van der Waals surface area contributed by atoms with Crippen molar-refractivity contribution in [1.82, 2.24) is 0 Å². The third-order valence-electron chi connectivity index (χ3n) is 4.81. The Balaban J connectivity index is 2.24. The van der Waals surface area contributed by atoms with E-state index < -0.39 is 0 Å². The van der Waals surface area contributed by atoms with Crippen molar-refractivity contribution in [3.63, 3.8) is 0 Å². The van der Waals surface area contributed by atoms with Crippen LogP contribution in [-0.4, -0.2) is 12.6 Å². The fourth-order valence-electron chi connectivity index (χ4n) is 3.67. The first-order valence-electron chi connectivity index (χ1n) is 8.11. The highest BCUT2D eigenvalue weighted by molar-refractivity contribution is 5.48. The quantitative estimate of drug-likeness (QED) is 0.709. The highest BCUT2D eigenvalue weighted by Gasteiger charge is 2.33. The molecule has 0 aromatic heterocycles. The van der Waals surface area contributed by atoms with Crippen molar-refractivity contribution in [2.75, 3.05) is 11.4 Å². The Labute approximate surface area is 119 Å². The summed E-state index contributed by atoms with van der Waals surface area (Å²) >= 11 is 0. The lowest BCUT2D eigenvalue weighted by Gasteiger charge is -2.46. The SMILES string of the molecule is CCCC1C(CC)CC(CC)CN1c1ccccc1. The highest BCUT2D eigenvalue weighted by Crippen LogP contribution is 2.36. The van der Waals surface area contributed by atoms with Gasteiger partial charge in [0, 0.05) is 18.3 Å². The summed E-state index contributed by atoms with van der Waals surface area (Å²) in [6, 6.07) is 11.8. The largest absolute Gasteiger partial charge is 0.368 e. The van der Waals surface area contributed by atoms with E-state index in [0.29, 0.717) is 0 Å². The van der Waals surface area contributed by atoms with E-state index in [1.165, 1.54) is 44.3 Å². The average molecular weight is 259 g/mol. The number of hydrogen-bond donors (Lipinski definition) is 0. The van der Waals surface area contributed by atoms with Crippen molar-refractivity contribution in [2.45, 2.75) is 58.9 Å². The molecule has 2 rings (SSSR count). The summed E-state index contributed by atoms with van der Waals surface area (Å²) in [5.74, 6) is 1.75. The lowest BCUT2D eigenvalue weighted by Crippen LogP contribution is -2.48. The van der Waals surface area contributed by atoms with Crippen LogP contribution in [0.2, 0.25) is 0 Å². The van der Waals surface area contributed by atoms with Gasteiger partial charge in [0.15, 0.2) is 0 Å². The summed E-state index contributed by atoms with van der Waals surface area (Å²) in [7, 11) is 0. The average Bonchev–Trinajstić information content (AvgIpc) is 2.48. The van der Waals surface area contributed by atoms with E-state index in [1.807, 2.05) is 0 Å². The first-order valence-corrected chi connectivity index (χ1v) is 8.11. The normalized spacial score (nSPS) is 27.5. The molecule has 0 aliphatic carbocycles. The first kappa shape index (κ1) is 14.4. The van der Waals surface area contributed by atoms with E-state index in [1.54, 1.807) is 0 Å². The summed E-state index contributed by atoms with van der Waals surface area (Å²) in [5.41, 5.74) is 1.43. The molecule has 1 aromatic carbocycles. The summed E-state index contributed by atoms with van der Waals surface area (Å²) in [4.78, 5) is 2.70. The Kier molecular flexibility index (Phi) is 5.30. The lowest BCUT2D eigenvalue weighted by molar-refractivity contribution is 0.233. The Hall–Kier alpha value is -0.980. The number of benzene rings is 1. The van der Waals surface area contributed by atoms with Gasteiger partial charge in [-0.3, -0.25) is 0 Å². The van der Waals surface area contributed by atoms with Crippen LogP contribution in [0.25, 0.3) is 0 Å². The molecule has 1 aliphatic heterocycles. The van der Waals surface area contributed by atoms with Gasteiger partial charge in [0.2, 0.25) is 0 Å². The molecule has 0 bridgehead atoms. The molecular formula is C18H29N. The number of hydrogen-bond acceptors (Lipinski definition) is 1. The minimum atomic E-state index is 0.750. The van der Waals surface area contributed by atoms with Gasteiger partial charge in [-0.2, -0.15) is 0 Å². The molecule has 1 fully saturated rings. The molecule has 1 heteroatoms. The zero-order valence-corrected chi connectivity index (χ0v) is 12.8. The third kappa shape index (κ3) is 3.32. The fourth-order valence-corrected chi connectivity index (χ4v) is 3.67. The van der Waals surface area contributed by atoms with E-state index in [2.05, 4.69) is 56.0 Å².